The standard InChI is InChI=1S/C61H112NO8P/c1-3-5-7-9-11-13-15-17-19-21-23-24-25-26-27-28-29-30-31-32-33-34-36-37-39-41-43-45-47-49-51-53-60(63)67-57-59(58-69-71(65,66)68-56-55-62)70-61(64)54-52-50-48-46-44-42-40-38-35-22-20-18-16-14-12-10-8-6-4-2/h6,8,12,14,18,20,35,38,42,44,59H,3-5,7,9-11,13,15-17,19,21-34,36-37,39-41,43,45-58,62H2,1-2H3,(H,65,66)/b8-6-,14-12-,20-18-,38-35-,44-42-. The summed E-state index contributed by atoms with van der Waals surface area (Å²) in [7, 11) is -4.40. The smallest absolute Gasteiger partial charge is 0.462 e. The molecule has 0 aromatic heterocycles. The summed E-state index contributed by atoms with van der Waals surface area (Å²) in [6.45, 7) is 3.62. The third kappa shape index (κ3) is 56.9. The number of phosphoric acid groups is 1. The monoisotopic (exact) mass is 1020 g/mol. The molecule has 414 valence electrons. The summed E-state index contributed by atoms with van der Waals surface area (Å²) in [5.74, 6) is -0.857. The molecule has 3 N–H and O–H groups in total. The van der Waals surface area contributed by atoms with E-state index in [4.69, 9.17) is 24.3 Å². The normalized spacial score (nSPS) is 13.5. The maximum absolute atomic E-state index is 12.7. The maximum atomic E-state index is 12.7. The molecule has 0 spiro atoms. The minimum absolute atomic E-state index is 0.0464. The van der Waals surface area contributed by atoms with Crippen molar-refractivity contribution >= 4 is 19.8 Å². The van der Waals surface area contributed by atoms with Gasteiger partial charge in [-0.25, -0.2) is 4.57 Å². The van der Waals surface area contributed by atoms with Crippen molar-refractivity contribution in [2.24, 2.45) is 5.73 Å². The van der Waals surface area contributed by atoms with Crippen molar-refractivity contribution in [1.82, 2.24) is 0 Å². The molecule has 0 fully saturated rings. The van der Waals surface area contributed by atoms with Crippen LogP contribution in [0.1, 0.15) is 284 Å². The molecule has 71 heavy (non-hydrogen) atoms. The molecule has 0 saturated carbocycles. The van der Waals surface area contributed by atoms with Crippen LogP contribution in [0.3, 0.4) is 0 Å². The third-order valence-corrected chi connectivity index (χ3v) is 13.9. The molecule has 0 radical (unpaired) electrons. The molecule has 0 saturated heterocycles. The molecular weight excluding hydrogens is 906 g/mol. The summed E-state index contributed by atoms with van der Waals surface area (Å²) in [5, 5.41) is 0. The average molecular weight is 1020 g/mol. The second-order valence-electron chi connectivity index (χ2n) is 19.8. The zero-order valence-corrected chi connectivity index (χ0v) is 47.1. The lowest BCUT2D eigenvalue weighted by atomic mass is 10.0. The summed E-state index contributed by atoms with van der Waals surface area (Å²) in [5.41, 5.74) is 5.38. The zero-order valence-electron chi connectivity index (χ0n) is 46.2. The lowest BCUT2D eigenvalue weighted by Crippen LogP contribution is -2.29. The lowest BCUT2D eigenvalue weighted by molar-refractivity contribution is -0.161. The van der Waals surface area contributed by atoms with Gasteiger partial charge >= 0.3 is 19.8 Å². The Kier molecular flexibility index (Phi) is 55.2. The molecule has 0 aliphatic carbocycles. The van der Waals surface area contributed by atoms with Gasteiger partial charge in [-0.15, -0.1) is 0 Å². The van der Waals surface area contributed by atoms with Gasteiger partial charge < -0.3 is 20.1 Å². The zero-order chi connectivity index (χ0) is 51.7. The van der Waals surface area contributed by atoms with Gasteiger partial charge in [0.1, 0.15) is 6.61 Å². The molecule has 2 unspecified atom stereocenters. The van der Waals surface area contributed by atoms with E-state index < -0.39 is 26.5 Å². The Bertz CT molecular complexity index is 1350. The van der Waals surface area contributed by atoms with Crippen molar-refractivity contribution in [3.8, 4) is 0 Å². The fourth-order valence-electron chi connectivity index (χ4n) is 8.55. The van der Waals surface area contributed by atoms with Crippen LogP contribution in [-0.2, 0) is 32.7 Å². The highest BCUT2D eigenvalue weighted by Crippen LogP contribution is 2.43. The first kappa shape index (κ1) is 68.7. The van der Waals surface area contributed by atoms with Gasteiger partial charge in [-0.3, -0.25) is 18.6 Å². The quantitative estimate of drug-likeness (QED) is 0.0264. The van der Waals surface area contributed by atoms with Gasteiger partial charge in [0, 0.05) is 19.4 Å². The van der Waals surface area contributed by atoms with Crippen LogP contribution in [-0.4, -0.2) is 49.3 Å². The highest BCUT2D eigenvalue weighted by molar-refractivity contribution is 7.47. The van der Waals surface area contributed by atoms with E-state index in [2.05, 4.69) is 74.6 Å². The minimum atomic E-state index is -4.40. The van der Waals surface area contributed by atoms with E-state index in [1.807, 2.05) is 0 Å². The predicted octanol–water partition coefficient (Wildman–Crippen LogP) is 18.7. The molecule has 0 amide bonds. The Labute approximate surface area is 438 Å². The summed E-state index contributed by atoms with van der Waals surface area (Å²) >= 11 is 0. The number of phosphoric ester groups is 1. The van der Waals surface area contributed by atoms with E-state index in [-0.39, 0.29) is 38.6 Å². The van der Waals surface area contributed by atoms with E-state index in [1.54, 1.807) is 0 Å². The second kappa shape index (κ2) is 57.0. The topological polar surface area (TPSA) is 134 Å². The van der Waals surface area contributed by atoms with Crippen LogP contribution in [0.25, 0.3) is 0 Å². The number of rotatable bonds is 56. The van der Waals surface area contributed by atoms with Crippen LogP contribution in [0.2, 0.25) is 0 Å². The first-order valence-electron chi connectivity index (χ1n) is 29.8. The SMILES string of the molecule is CC/C=C\C/C=C\C/C=C\C/C=C\C/C=C\CCCCCC(=O)OC(COC(=O)CCCCCCCCCCCCCCCCCCCCCCCCCCCCCCCCC)COP(=O)(O)OCCN. The van der Waals surface area contributed by atoms with E-state index in [9.17, 15) is 19.0 Å². The molecule has 10 heteroatoms. The van der Waals surface area contributed by atoms with Crippen molar-refractivity contribution < 1.29 is 37.6 Å². The third-order valence-electron chi connectivity index (χ3n) is 12.9. The van der Waals surface area contributed by atoms with Crippen LogP contribution in [0.15, 0.2) is 60.8 Å². The number of nitrogens with two attached hydrogens (primary N) is 1. The molecule has 0 aromatic carbocycles. The lowest BCUT2D eigenvalue weighted by Gasteiger charge is -2.19. The fraction of sp³-hybridized carbons (Fsp3) is 0.803. The number of unbranched alkanes of at least 4 members (excludes halogenated alkanes) is 33. The highest BCUT2D eigenvalue weighted by atomic mass is 31.2. The van der Waals surface area contributed by atoms with Gasteiger partial charge in [0.15, 0.2) is 6.10 Å². The largest absolute Gasteiger partial charge is 0.472 e. The fourth-order valence-corrected chi connectivity index (χ4v) is 9.31. The van der Waals surface area contributed by atoms with E-state index in [0.29, 0.717) is 6.42 Å². The molecule has 0 aromatic rings. The number of ether oxygens (including phenoxy) is 2. The van der Waals surface area contributed by atoms with Crippen molar-refractivity contribution in [1.29, 1.82) is 0 Å². The number of carbonyl (C=O) groups is 2. The molecule has 0 heterocycles. The molecule has 0 bridgehead atoms. The second-order valence-corrected chi connectivity index (χ2v) is 21.3. The van der Waals surface area contributed by atoms with Gasteiger partial charge in [-0.2, -0.15) is 0 Å². The first-order valence-corrected chi connectivity index (χ1v) is 31.3. The van der Waals surface area contributed by atoms with Gasteiger partial charge in [0.2, 0.25) is 0 Å². The number of hydrogen-bond donors (Lipinski definition) is 2. The van der Waals surface area contributed by atoms with Crippen molar-refractivity contribution in [2.75, 3.05) is 26.4 Å². The molecule has 0 aliphatic rings. The number of esters is 2. The molecule has 9 nitrogen and oxygen atoms in total. The van der Waals surface area contributed by atoms with Crippen molar-refractivity contribution in [3.05, 3.63) is 60.8 Å². The van der Waals surface area contributed by atoms with Gasteiger partial charge in [-0.05, 0) is 57.8 Å². The summed E-state index contributed by atoms with van der Waals surface area (Å²) in [4.78, 5) is 35.1. The molecule has 0 aliphatic heterocycles. The Balaban J connectivity index is 3.91. The number of carbonyl (C=O) groups excluding carboxylic acids is 2. The number of hydrogen-bond acceptors (Lipinski definition) is 8. The first-order chi connectivity index (χ1) is 34.8. The van der Waals surface area contributed by atoms with E-state index in [1.165, 1.54) is 180 Å². The Morgan fingerprint density at radius 3 is 1.15 bits per heavy atom. The van der Waals surface area contributed by atoms with Crippen molar-refractivity contribution in [2.45, 2.75) is 290 Å². The van der Waals surface area contributed by atoms with Crippen LogP contribution in [0, 0.1) is 0 Å². The van der Waals surface area contributed by atoms with Gasteiger partial charge in [-0.1, -0.05) is 274 Å². The molecule has 2 atom stereocenters. The summed E-state index contributed by atoms with van der Waals surface area (Å²) in [6, 6.07) is 0. The summed E-state index contributed by atoms with van der Waals surface area (Å²) < 4.78 is 33.0. The van der Waals surface area contributed by atoms with Crippen LogP contribution < -0.4 is 5.73 Å². The van der Waals surface area contributed by atoms with E-state index in [0.717, 1.165) is 70.6 Å². The van der Waals surface area contributed by atoms with Crippen LogP contribution in [0.5, 0.6) is 0 Å². The summed E-state index contributed by atoms with van der Waals surface area (Å²) in [6.07, 6.45) is 71.6. The maximum Gasteiger partial charge on any atom is 0.472 e. The van der Waals surface area contributed by atoms with Crippen LogP contribution in [0.4, 0.5) is 0 Å². The van der Waals surface area contributed by atoms with Gasteiger partial charge in [0.25, 0.3) is 0 Å². The average Bonchev–Trinajstić information content (AvgIpc) is 3.36. The van der Waals surface area contributed by atoms with E-state index >= 15 is 0 Å². The Morgan fingerprint density at radius 1 is 0.437 bits per heavy atom. The predicted molar refractivity (Wildman–Crippen MR) is 303 cm³/mol. The molecular formula is C61H112NO8P. The Morgan fingerprint density at radius 2 is 0.775 bits per heavy atom. The molecule has 0 rings (SSSR count). The van der Waals surface area contributed by atoms with Crippen molar-refractivity contribution in [3.63, 3.8) is 0 Å². The Hall–Kier alpha value is -2.29. The number of allylic oxidation sites excluding steroid dienone is 10. The highest BCUT2D eigenvalue weighted by Gasteiger charge is 2.26. The van der Waals surface area contributed by atoms with Crippen LogP contribution >= 0.6 is 7.82 Å². The minimum Gasteiger partial charge on any atom is -0.462 e. The van der Waals surface area contributed by atoms with Gasteiger partial charge in [0.05, 0.1) is 13.2 Å².